The van der Waals surface area contributed by atoms with Gasteiger partial charge in [-0.25, -0.2) is 0 Å². The molecule has 0 saturated heterocycles. The fourth-order valence-electron chi connectivity index (χ4n) is 3.62. The van der Waals surface area contributed by atoms with Crippen LogP contribution in [0.1, 0.15) is 22.7 Å². The van der Waals surface area contributed by atoms with Crippen LogP contribution < -0.4 is 0 Å². The Hall–Kier alpha value is -3.61. The highest BCUT2D eigenvalue weighted by Gasteiger charge is 2.37. The average molecular weight is 409 g/mol. The highest BCUT2D eigenvalue weighted by atomic mass is 16.5. The third-order valence-electron chi connectivity index (χ3n) is 5.00. The maximum atomic E-state index is 12.6. The van der Waals surface area contributed by atoms with Crippen molar-refractivity contribution < 1.29 is 28.6 Å². The van der Waals surface area contributed by atoms with Gasteiger partial charge >= 0.3 is 17.9 Å². The first kappa shape index (κ1) is 21.1. The molecule has 0 spiro atoms. The summed E-state index contributed by atoms with van der Waals surface area (Å²) in [7, 11) is 3.72. The van der Waals surface area contributed by atoms with Gasteiger partial charge < -0.3 is 18.8 Å². The van der Waals surface area contributed by atoms with Crippen molar-refractivity contribution in [2.75, 3.05) is 21.3 Å². The molecule has 7 heteroatoms. The van der Waals surface area contributed by atoms with E-state index < -0.39 is 23.8 Å². The van der Waals surface area contributed by atoms with Crippen molar-refractivity contribution in [2.45, 2.75) is 18.9 Å². The Labute approximate surface area is 174 Å². The summed E-state index contributed by atoms with van der Waals surface area (Å²) in [5, 5.41) is 0.756. The fourth-order valence-corrected chi connectivity index (χ4v) is 3.62. The number of carbonyl (C=O) groups is 3. The van der Waals surface area contributed by atoms with Crippen molar-refractivity contribution >= 4 is 28.8 Å². The molecule has 1 heterocycles. The van der Waals surface area contributed by atoms with Crippen LogP contribution in [0, 0.1) is 0 Å². The maximum absolute atomic E-state index is 12.6. The lowest BCUT2D eigenvalue weighted by Gasteiger charge is -2.18. The molecule has 156 valence electrons. The number of nitrogens with zero attached hydrogens (tertiary/aromatic N) is 1. The number of fused-ring (bicyclic) bond motifs is 1. The van der Waals surface area contributed by atoms with E-state index in [0.717, 1.165) is 16.5 Å². The number of methoxy groups -OCH3 is 3. The van der Waals surface area contributed by atoms with Crippen molar-refractivity contribution in [2.24, 2.45) is 0 Å². The Morgan fingerprint density at radius 2 is 1.43 bits per heavy atom. The lowest BCUT2D eigenvalue weighted by molar-refractivity contribution is -0.154. The van der Waals surface area contributed by atoms with Gasteiger partial charge in [0, 0.05) is 23.1 Å². The van der Waals surface area contributed by atoms with Gasteiger partial charge in [0.2, 0.25) is 0 Å². The minimum Gasteiger partial charge on any atom is -0.469 e. The second-order valence-electron chi connectivity index (χ2n) is 6.68. The van der Waals surface area contributed by atoms with E-state index in [1.807, 2.05) is 59.2 Å². The Morgan fingerprint density at radius 3 is 2.03 bits per heavy atom. The molecule has 7 nitrogen and oxygen atoms in total. The van der Waals surface area contributed by atoms with Crippen molar-refractivity contribution in [3.8, 4) is 0 Å². The molecular formula is C23H23NO6. The minimum absolute atomic E-state index is 0.0986. The van der Waals surface area contributed by atoms with Gasteiger partial charge in [-0.15, -0.1) is 0 Å². The van der Waals surface area contributed by atoms with Crippen LogP contribution in [-0.2, 0) is 41.6 Å². The van der Waals surface area contributed by atoms with E-state index in [0.29, 0.717) is 17.8 Å². The minimum atomic E-state index is -1.34. The molecular weight excluding hydrogens is 386 g/mol. The number of rotatable bonds is 7. The van der Waals surface area contributed by atoms with Crippen LogP contribution in [0.4, 0.5) is 0 Å². The van der Waals surface area contributed by atoms with E-state index in [1.54, 1.807) is 0 Å². The first-order valence-electron chi connectivity index (χ1n) is 9.38. The zero-order valence-electron chi connectivity index (χ0n) is 17.1. The monoisotopic (exact) mass is 409 g/mol. The van der Waals surface area contributed by atoms with Crippen molar-refractivity contribution in [1.29, 1.82) is 0 Å². The molecule has 0 bridgehead atoms. The molecule has 0 N–H and O–H groups in total. The van der Waals surface area contributed by atoms with Crippen molar-refractivity contribution in [3.63, 3.8) is 0 Å². The predicted molar refractivity (Wildman–Crippen MR) is 110 cm³/mol. The van der Waals surface area contributed by atoms with Gasteiger partial charge in [0.05, 0.1) is 27.8 Å². The maximum Gasteiger partial charge on any atom is 0.326 e. The zero-order chi connectivity index (χ0) is 21.7. The number of aromatic nitrogens is 1. The van der Waals surface area contributed by atoms with Gasteiger partial charge in [-0.2, -0.15) is 0 Å². The standard InChI is InChI=1S/C23H23NO6/c1-28-19(25)13-17-16-11-7-8-12-18(16)24(14-15-9-5-4-6-10-15)21(17)20(22(26)29-2)23(27)30-3/h4-12,20H,13-14H2,1-3H3. The van der Waals surface area contributed by atoms with E-state index >= 15 is 0 Å². The van der Waals surface area contributed by atoms with Gasteiger partial charge in [-0.1, -0.05) is 48.5 Å². The molecule has 0 fully saturated rings. The average Bonchev–Trinajstić information content (AvgIpc) is 3.07. The van der Waals surface area contributed by atoms with Crippen molar-refractivity contribution in [1.82, 2.24) is 4.57 Å². The number of para-hydroxylation sites is 1. The van der Waals surface area contributed by atoms with Gasteiger partial charge in [0.1, 0.15) is 0 Å². The van der Waals surface area contributed by atoms with E-state index in [2.05, 4.69) is 0 Å². The number of esters is 3. The smallest absolute Gasteiger partial charge is 0.326 e. The highest BCUT2D eigenvalue weighted by molar-refractivity contribution is 6.03. The molecule has 0 saturated carbocycles. The van der Waals surface area contributed by atoms with E-state index in [-0.39, 0.29) is 6.42 Å². The number of benzene rings is 2. The molecule has 0 unspecified atom stereocenters. The lowest BCUT2D eigenvalue weighted by atomic mass is 9.97. The third-order valence-corrected chi connectivity index (χ3v) is 5.00. The summed E-state index contributed by atoms with van der Waals surface area (Å²) in [4.78, 5) is 37.5. The van der Waals surface area contributed by atoms with Crippen LogP contribution >= 0.6 is 0 Å². The van der Waals surface area contributed by atoms with Gasteiger partial charge in [0.15, 0.2) is 5.92 Å². The van der Waals surface area contributed by atoms with Crippen molar-refractivity contribution in [3.05, 3.63) is 71.4 Å². The SMILES string of the molecule is COC(=O)Cc1c(C(C(=O)OC)C(=O)OC)n(Cc2ccccc2)c2ccccc12. The molecule has 3 rings (SSSR count). The summed E-state index contributed by atoms with van der Waals surface area (Å²) in [5.41, 5.74) is 2.66. The first-order valence-corrected chi connectivity index (χ1v) is 9.38. The first-order chi connectivity index (χ1) is 14.5. The summed E-state index contributed by atoms with van der Waals surface area (Å²) in [6.45, 7) is 0.391. The summed E-state index contributed by atoms with van der Waals surface area (Å²) in [6, 6.07) is 17.1. The summed E-state index contributed by atoms with van der Waals surface area (Å²) < 4.78 is 16.5. The molecule has 0 radical (unpaired) electrons. The second kappa shape index (κ2) is 9.26. The Bertz CT molecular complexity index is 1050. The second-order valence-corrected chi connectivity index (χ2v) is 6.68. The lowest BCUT2D eigenvalue weighted by Crippen LogP contribution is -2.28. The van der Waals surface area contributed by atoms with E-state index in [4.69, 9.17) is 14.2 Å². The van der Waals surface area contributed by atoms with Crippen LogP contribution in [0.3, 0.4) is 0 Å². The van der Waals surface area contributed by atoms with Crippen LogP contribution in [0.25, 0.3) is 10.9 Å². The summed E-state index contributed by atoms with van der Waals surface area (Å²) >= 11 is 0. The molecule has 1 aromatic heterocycles. The largest absolute Gasteiger partial charge is 0.469 e. The quantitative estimate of drug-likeness (QED) is 0.339. The zero-order valence-corrected chi connectivity index (χ0v) is 17.1. The Morgan fingerprint density at radius 1 is 0.833 bits per heavy atom. The van der Waals surface area contributed by atoms with Crippen LogP contribution in [-0.4, -0.2) is 43.8 Å². The normalized spacial score (nSPS) is 10.8. The Kier molecular flexibility index (Phi) is 6.51. The number of ether oxygens (including phenoxy) is 3. The van der Waals surface area contributed by atoms with E-state index in [1.165, 1.54) is 21.3 Å². The highest BCUT2D eigenvalue weighted by Crippen LogP contribution is 2.34. The topological polar surface area (TPSA) is 83.8 Å². The van der Waals surface area contributed by atoms with Gasteiger partial charge in [0.25, 0.3) is 0 Å². The third kappa shape index (κ3) is 4.05. The number of carbonyl (C=O) groups excluding carboxylic acids is 3. The van der Waals surface area contributed by atoms with Crippen LogP contribution in [0.2, 0.25) is 0 Å². The summed E-state index contributed by atoms with van der Waals surface area (Å²) in [5.74, 6) is -3.33. The van der Waals surface area contributed by atoms with Gasteiger partial charge in [-0.3, -0.25) is 14.4 Å². The summed E-state index contributed by atoms with van der Waals surface area (Å²) in [6.07, 6.45) is -0.0986. The molecule has 0 aliphatic heterocycles. The number of hydrogen-bond donors (Lipinski definition) is 0. The molecule has 0 aliphatic carbocycles. The molecule has 0 amide bonds. The molecule has 2 aromatic carbocycles. The van der Waals surface area contributed by atoms with Crippen LogP contribution in [0.5, 0.6) is 0 Å². The molecule has 3 aromatic rings. The Balaban J connectivity index is 2.33. The number of hydrogen-bond acceptors (Lipinski definition) is 6. The van der Waals surface area contributed by atoms with E-state index in [9.17, 15) is 14.4 Å². The van der Waals surface area contributed by atoms with Crippen LogP contribution in [0.15, 0.2) is 54.6 Å². The predicted octanol–water partition coefficient (Wildman–Crippen LogP) is 2.83. The fraction of sp³-hybridized carbons (Fsp3) is 0.261. The molecule has 30 heavy (non-hydrogen) atoms. The molecule has 0 atom stereocenters. The molecule has 0 aliphatic rings. The van der Waals surface area contributed by atoms with Gasteiger partial charge in [-0.05, 0) is 17.2 Å².